The number of ether oxygens (including phenoxy) is 1. The van der Waals surface area contributed by atoms with Crippen LogP contribution in [0.5, 0.6) is 0 Å². The standard InChI is InChI=1S/C5H8O4S.C2H6/c6-10(7)4-1-2-8-5(3-4)9-10;1-2/h4-5H,1-3H2;1-2H3. The Morgan fingerprint density at radius 3 is 2.50 bits per heavy atom. The van der Waals surface area contributed by atoms with E-state index in [1.165, 1.54) is 0 Å². The third-order valence-corrected chi connectivity index (χ3v) is 3.58. The zero-order valence-electron chi connectivity index (χ0n) is 7.32. The van der Waals surface area contributed by atoms with Crippen LogP contribution in [0.2, 0.25) is 0 Å². The molecule has 0 saturated carbocycles. The van der Waals surface area contributed by atoms with Crippen LogP contribution < -0.4 is 0 Å². The molecule has 2 atom stereocenters. The van der Waals surface area contributed by atoms with Gasteiger partial charge in [-0.1, -0.05) is 13.8 Å². The van der Waals surface area contributed by atoms with Crippen molar-refractivity contribution in [2.45, 2.75) is 38.2 Å². The minimum absolute atomic E-state index is 0.300. The second-order valence-corrected chi connectivity index (χ2v) is 4.38. The molecule has 2 unspecified atom stereocenters. The van der Waals surface area contributed by atoms with E-state index in [4.69, 9.17) is 4.74 Å². The number of hydrogen-bond donors (Lipinski definition) is 0. The van der Waals surface area contributed by atoms with Crippen molar-refractivity contribution in [3.8, 4) is 0 Å². The first-order valence-electron chi connectivity index (χ1n) is 4.22. The van der Waals surface area contributed by atoms with Crippen LogP contribution in [0.4, 0.5) is 0 Å². The largest absolute Gasteiger partial charge is 0.351 e. The highest BCUT2D eigenvalue weighted by molar-refractivity contribution is 7.87. The van der Waals surface area contributed by atoms with E-state index in [1.807, 2.05) is 13.8 Å². The van der Waals surface area contributed by atoms with Crippen molar-refractivity contribution in [2.24, 2.45) is 0 Å². The Balaban J connectivity index is 0.000000336. The molecule has 72 valence electrons. The van der Waals surface area contributed by atoms with Crippen LogP contribution in [-0.2, 0) is 19.0 Å². The molecule has 4 nitrogen and oxygen atoms in total. The lowest BCUT2D eigenvalue weighted by Gasteiger charge is -2.13. The van der Waals surface area contributed by atoms with Gasteiger partial charge in [-0.25, -0.2) is 4.18 Å². The summed E-state index contributed by atoms with van der Waals surface area (Å²) in [6, 6.07) is 0. The molecular weight excluding hydrogens is 180 g/mol. The van der Waals surface area contributed by atoms with Gasteiger partial charge in [-0.05, 0) is 6.42 Å². The molecule has 2 aliphatic rings. The van der Waals surface area contributed by atoms with Crippen LogP contribution in [0, 0.1) is 0 Å². The second kappa shape index (κ2) is 3.72. The summed E-state index contributed by atoms with van der Waals surface area (Å²) in [7, 11) is -3.25. The molecule has 0 amide bonds. The molecule has 0 aromatic heterocycles. The Morgan fingerprint density at radius 2 is 2.00 bits per heavy atom. The highest BCUT2D eigenvalue weighted by atomic mass is 32.2. The van der Waals surface area contributed by atoms with Gasteiger partial charge in [-0.3, -0.25) is 0 Å². The van der Waals surface area contributed by atoms with Gasteiger partial charge >= 0.3 is 0 Å². The lowest BCUT2D eigenvalue weighted by molar-refractivity contribution is -0.0793. The Morgan fingerprint density at radius 1 is 1.33 bits per heavy atom. The molecule has 0 radical (unpaired) electrons. The molecule has 0 aliphatic carbocycles. The van der Waals surface area contributed by atoms with Gasteiger partial charge in [0.1, 0.15) is 0 Å². The quantitative estimate of drug-likeness (QED) is 0.537. The first kappa shape index (κ1) is 9.95. The van der Waals surface area contributed by atoms with E-state index < -0.39 is 16.4 Å². The van der Waals surface area contributed by atoms with Crippen molar-refractivity contribution in [1.29, 1.82) is 0 Å². The fourth-order valence-electron chi connectivity index (χ4n) is 1.29. The van der Waals surface area contributed by atoms with Gasteiger partial charge in [-0.15, -0.1) is 0 Å². The number of rotatable bonds is 0. The van der Waals surface area contributed by atoms with Crippen LogP contribution in [0.3, 0.4) is 0 Å². The van der Waals surface area contributed by atoms with E-state index in [0.717, 1.165) is 0 Å². The molecule has 0 N–H and O–H groups in total. The van der Waals surface area contributed by atoms with E-state index in [-0.39, 0.29) is 5.25 Å². The molecule has 2 rings (SSSR count). The smallest absolute Gasteiger partial charge is 0.273 e. The molecule has 2 heterocycles. The minimum atomic E-state index is -3.25. The molecule has 2 bridgehead atoms. The van der Waals surface area contributed by atoms with E-state index in [0.29, 0.717) is 19.4 Å². The Hall–Kier alpha value is -0.130. The van der Waals surface area contributed by atoms with Crippen LogP contribution in [-0.4, -0.2) is 26.6 Å². The summed E-state index contributed by atoms with van der Waals surface area (Å²) in [6.45, 7) is 4.51. The van der Waals surface area contributed by atoms with Crippen molar-refractivity contribution < 1.29 is 17.3 Å². The van der Waals surface area contributed by atoms with Gasteiger partial charge in [0.15, 0.2) is 6.29 Å². The minimum Gasteiger partial charge on any atom is -0.351 e. The average molecular weight is 194 g/mol. The van der Waals surface area contributed by atoms with E-state index in [1.54, 1.807) is 0 Å². The van der Waals surface area contributed by atoms with E-state index in [2.05, 4.69) is 4.18 Å². The molecule has 5 heteroatoms. The maximum atomic E-state index is 10.9. The third-order valence-electron chi connectivity index (χ3n) is 1.85. The Kier molecular flexibility index (Phi) is 3.09. The van der Waals surface area contributed by atoms with Crippen molar-refractivity contribution in [1.82, 2.24) is 0 Å². The van der Waals surface area contributed by atoms with Gasteiger partial charge in [0.25, 0.3) is 10.1 Å². The Labute approximate surface area is 73.0 Å². The monoisotopic (exact) mass is 194 g/mol. The van der Waals surface area contributed by atoms with Crippen LogP contribution in [0.25, 0.3) is 0 Å². The molecule has 0 aromatic rings. The van der Waals surface area contributed by atoms with Gasteiger partial charge in [-0.2, -0.15) is 8.42 Å². The third kappa shape index (κ3) is 1.78. The molecule has 2 fully saturated rings. The summed E-state index contributed by atoms with van der Waals surface area (Å²) in [5.74, 6) is 0. The summed E-state index contributed by atoms with van der Waals surface area (Å²) >= 11 is 0. The average Bonchev–Trinajstić information content (AvgIpc) is 2.26. The zero-order chi connectivity index (χ0) is 9.19. The number of fused-ring (bicyclic) bond motifs is 2. The van der Waals surface area contributed by atoms with Gasteiger partial charge in [0, 0.05) is 6.42 Å². The van der Waals surface area contributed by atoms with Crippen molar-refractivity contribution in [3.05, 3.63) is 0 Å². The predicted octanol–water partition coefficient (Wildman–Crippen LogP) is 0.878. The fourth-order valence-corrected chi connectivity index (χ4v) is 2.66. The van der Waals surface area contributed by atoms with Crippen LogP contribution >= 0.6 is 0 Å². The molecular formula is C7H14O4S. The summed E-state index contributed by atoms with van der Waals surface area (Å²) in [6.07, 6.45) is 0.616. The van der Waals surface area contributed by atoms with Crippen molar-refractivity contribution in [3.63, 3.8) is 0 Å². The highest BCUT2D eigenvalue weighted by Crippen LogP contribution is 2.30. The van der Waals surface area contributed by atoms with Gasteiger partial charge in [0.05, 0.1) is 11.9 Å². The molecule has 2 saturated heterocycles. The first-order valence-corrected chi connectivity index (χ1v) is 5.69. The maximum Gasteiger partial charge on any atom is 0.273 e. The van der Waals surface area contributed by atoms with Crippen molar-refractivity contribution >= 4 is 10.1 Å². The maximum absolute atomic E-state index is 10.9. The second-order valence-electron chi connectivity index (χ2n) is 2.54. The molecule has 12 heavy (non-hydrogen) atoms. The fraction of sp³-hybridized carbons (Fsp3) is 1.00. The lowest BCUT2D eigenvalue weighted by atomic mass is 10.2. The summed E-state index contributed by atoms with van der Waals surface area (Å²) in [5, 5.41) is -0.300. The summed E-state index contributed by atoms with van der Waals surface area (Å²) in [4.78, 5) is 0. The normalized spacial score (nSPS) is 36.8. The van der Waals surface area contributed by atoms with Gasteiger partial charge < -0.3 is 4.74 Å². The molecule has 0 spiro atoms. The van der Waals surface area contributed by atoms with Gasteiger partial charge in [0.2, 0.25) is 0 Å². The lowest BCUT2D eigenvalue weighted by Crippen LogP contribution is -2.21. The zero-order valence-corrected chi connectivity index (χ0v) is 8.13. The summed E-state index contributed by atoms with van der Waals surface area (Å²) in [5.41, 5.74) is 0. The molecule has 2 aliphatic heterocycles. The SMILES string of the molecule is CC.O=S1(=O)OC2CC1CCO2. The Bertz CT molecular complexity index is 234. The predicted molar refractivity (Wildman–Crippen MR) is 44.1 cm³/mol. The highest BCUT2D eigenvalue weighted by Gasteiger charge is 2.42. The number of hydrogen-bond acceptors (Lipinski definition) is 4. The van der Waals surface area contributed by atoms with Crippen LogP contribution in [0.1, 0.15) is 26.7 Å². The van der Waals surface area contributed by atoms with Crippen molar-refractivity contribution in [2.75, 3.05) is 6.61 Å². The van der Waals surface area contributed by atoms with E-state index >= 15 is 0 Å². The first-order chi connectivity index (χ1) is 5.68. The summed E-state index contributed by atoms with van der Waals surface area (Å²) < 4.78 is 31.5. The van der Waals surface area contributed by atoms with E-state index in [9.17, 15) is 8.42 Å². The van der Waals surface area contributed by atoms with Crippen LogP contribution in [0.15, 0.2) is 0 Å². The topological polar surface area (TPSA) is 52.6 Å². The molecule has 0 aromatic carbocycles.